The van der Waals surface area contributed by atoms with E-state index in [-0.39, 0.29) is 18.0 Å². The summed E-state index contributed by atoms with van der Waals surface area (Å²) in [5, 5.41) is 10.2. The highest BCUT2D eigenvalue weighted by Crippen LogP contribution is 2.26. The normalized spacial score (nSPS) is 12.8. The van der Waals surface area contributed by atoms with Crippen molar-refractivity contribution in [3.05, 3.63) is 53.0 Å². The van der Waals surface area contributed by atoms with Crippen molar-refractivity contribution in [1.82, 2.24) is 4.31 Å². The van der Waals surface area contributed by atoms with E-state index >= 15 is 0 Å². The lowest BCUT2D eigenvalue weighted by atomic mass is 10.3. The van der Waals surface area contributed by atoms with Crippen molar-refractivity contribution in [3.63, 3.8) is 0 Å². The Labute approximate surface area is 162 Å². The summed E-state index contributed by atoms with van der Waals surface area (Å²) in [6.07, 6.45) is -0.986. The zero-order valence-corrected chi connectivity index (χ0v) is 17.0. The number of benzene rings is 2. The molecule has 6 nitrogen and oxygen atoms in total. The monoisotopic (exact) mass is 443 g/mol. The van der Waals surface area contributed by atoms with Gasteiger partial charge < -0.3 is 14.6 Å². The molecule has 26 heavy (non-hydrogen) atoms. The number of aliphatic hydroxyl groups is 1. The van der Waals surface area contributed by atoms with Gasteiger partial charge in [0.15, 0.2) is 11.5 Å². The van der Waals surface area contributed by atoms with Crippen molar-refractivity contribution in [2.45, 2.75) is 17.9 Å². The topological polar surface area (TPSA) is 76.1 Å². The summed E-state index contributed by atoms with van der Waals surface area (Å²) >= 11 is 3.27. The molecule has 1 N–H and O–H groups in total. The van der Waals surface area contributed by atoms with Crippen LogP contribution in [0.4, 0.5) is 0 Å². The Balaban J connectivity index is 1.97. The van der Waals surface area contributed by atoms with Crippen molar-refractivity contribution < 1.29 is 23.0 Å². The predicted octanol–water partition coefficient (Wildman–Crippen LogP) is 2.91. The minimum atomic E-state index is -3.68. The van der Waals surface area contributed by atoms with Gasteiger partial charge in [-0.25, -0.2) is 8.42 Å². The summed E-state index contributed by atoms with van der Waals surface area (Å²) in [5.74, 6) is 1.09. The van der Waals surface area contributed by atoms with E-state index in [1.807, 2.05) is 13.0 Å². The highest BCUT2D eigenvalue weighted by molar-refractivity contribution is 9.10. The van der Waals surface area contributed by atoms with Crippen molar-refractivity contribution in [3.8, 4) is 11.5 Å². The van der Waals surface area contributed by atoms with Gasteiger partial charge in [-0.05, 0) is 43.3 Å². The molecule has 0 unspecified atom stereocenters. The third-order valence-corrected chi connectivity index (χ3v) is 5.94. The number of para-hydroxylation sites is 2. The summed E-state index contributed by atoms with van der Waals surface area (Å²) in [6, 6.07) is 13.5. The Morgan fingerprint density at radius 3 is 2.23 bits per heavy atom. The number of hydrogen-bond donors (Lipinski definition) is 1. The zero-order chi connectivity index (χ0) is 19.2. The van der Waals surface area contributed by atoms with Crippen LogP contribution in [0.3, 0.4) is 0 Å². The summed E-state index contributed by atoms with van der Waals surface area (Å²) < 4.78 is 38.0. The average Bonchev–Trinajstić information content (AvgIpc) is 2.61. The Bertz CT molecular complexity index is 811. The van der Waals surface area contributed by atoms with Crippen LogP contribution in [0.5, 0.6) is 11.5 Å². The Morgan fingerprint density at radius 1 is 1.08 bits per heavy atom. The van der Waals surface area contributed by atoms with Crippen LogP contribution in [-0.4, -0.2) is 50.7 Å². The third kappa shape index (κ3) is 5.44. The molecule has 0 saturated carbocycles. The lowest BCUT2D eigenvalue weighted by Gasteiger charge is -2.21. The number of nitrogens with zero attached hydrogens (tertiary/aromatic N) is 1. The van der Waals surface area contributed by atoms with Gasteiger partial charge in [-0.1, -0.05) is 28.1 Å². The first-order valence-electron chi connectivity index (χ1n) is 8.09. The molecule has 0 amide bonds. The SMILES string of the molecule is CCOc1ccccc1OC[C@H](O)CN(C)S(=O)(=O)c1ccc(Br)cc1. The van der Waals surface area contributed by atoms with Gasteiger partial charge in [-0.2, -0.15) is 4.31 Å². The van der Waals surface area contributed by atoms with Gasteiger partial charge in [0.25, 0.3) is 0 Å². The van der Waals surface area contributed by atoms with Crippen LogP contribution in [-0.2, 0) is 10.0 Å². The fraction of sp³-hybridized carbons (Fsp3) is 0.333. The summed E-state index contributed by atoms with van der Waals surface area (Å²) in [5.41, 5.74) is 0. The van der Waals surface area contributed by atoms with E-state index in [0.717, 1.165) is 8.78 Å². The lowest BCUT2D eigenvalue weighted by molar-refractivity contribution is 0.0917. The highest BCUT2D eigenvalue weighted by atomic mass is 79.9. The molecule has 0 aliphatic heterocycles. The van der Waals surface area contributed by atoms with Gasteiger partial charge in [-0.15, -0.1) is 0 Å². The van der Waals surface area contributed by atoms with Crippen molar-refractivity contribution >= 4 is 26.0 Å². The van der Waals surface area contributed by atoms with Gasteiger partial charge in [-0.3, -0.25) is 0 Å². The number of rotatable bonds is 9. The molecule has 0 bridgehead atoms. The summed E-state index contributed by atoms with van der Waals surface area (Å²) in [4.78, 5) is 0.165. The van der Waals surface area contributed by atoms with Gasteiger partial charge >= 0.3 is 0 Å². The Morgan fingerprint density at radius 2 is 1.65 bits per heavy atom. The Kier molecular flexibility index (Phi) is 7.45. The van der Waals surface area contributed by atoms with Crippen molar-refractivity contribution in [2.24, 2.45) is 0 Å². The van der Waals surface area contributed by atoms with Gasteiger partial charge in [0, 0.05) is 18.1 Å². The molecule has 0 spiro atoms. The molecule has 2 aromatic rings. The van der Waals surface area contributed by atoms with E-state index in [9.17, 15) is 13.5 Å². The minimum absolute atomic E-state index is 0.0513. The molecule has 142 valence electrons. The van der Waals surface area contributed by atoms with E-state index in [2.05, 4.69) is 15.9 Å². The first-order chi connectivity index (χ1) is 12.3. The molecular weight excluding hydrogens is 422 g/mol. The van der Waals surface area contributed by atoms with Gasteiger partial charge in [0.05, 0.1) is 11.5 Å². The molecule has 1 atom stereocenters. The third-order valence-electron chi connectivity index (χ3n) is 3.57. The van der Waals surface area contributed by atoms with Crippen LogP contribution < -0.4 is 9.47 Å². The molecule has 0 fully saturated rings. The summed E-state index contributed by atoms with van der Waals surface area (Å²) in [6.45, 7) is 2.23. The average molecular weight is 444 g/mol. The fourth-order valence-electron chi connectivity index (χ4n) is 2.26. The molecule has 0 radical (unpaired) electrons. The van der Waals surface area contributed by atoms with Crippen molar-refractivity contribution in [1.29, 1.82) is 0 Å². The first-order valence-corrected chi connectivity index (χ1v) is 10.3. The maximum absolute atomic E-state index is 12.5. The lowest BCUT2D eigenvalue weighted by Crippen LogP contribution is -2.37. The van der Waals surface area contributed by atoms with Crippen LogP contribution in [0.2, 0.25) is 0 Å². The second kappa shape index (κ2) is 9.36. The highest BCUT2D eigenvalue weighted by Gasteiger charge is 2.23. The molecule has 2 aromatic carbocycles. The van der Waals surface area contributed by atoms with E-state index < -0.39 is 16.1 Å². The standard InChI is InChI=1S/C18H22BrNO5S/c1-3-24-17-6-4-5-7-18(17)25-13-15(21)12-20(2)26(22,23)16-10-8-14(19)9-11-16/h4-11,15,21H,3,12-13H2,1-2H3/t15-/m1/s1. The molecule has 0 aliphatic rings. The Hall–Kier alpha value is -1.61. The maximum Gasteiger partial charge on any atom is 0.242 e. The first kappa shape index (κ1) is 20.7. The molecule has 0 heterocycles. The van der Waals surface area contributed by atoms with Gasteiger partial charge in [0.1, 0.15) is 12.7 Å². The predicted molar refractivity (Wildman–Crippen MR) is 103 cm³/mol. The van der Waals surface area contributed by atoms with E-state index in [4.69, 9.17) is 9.47 Å². The van der Waals surface area contributed by atoms with Crippen LogP contribution >= 0.6 is 15.9 Å². The molecule has 2 rings (SSSR count). The number of hydrogen-bond acceptors (Lipinski definition) is 5. The number of sulfonamides is 1. The quantitative estimate of drug-likeness (QED) is 0.644. The van der Waals surface area contributed by atoms with Crippen LogP contribution in [0.15, 0.2) is 57.9 Å². The second-order valence-corrected chi connectivity index (χ2v) is 8.54. The van der Waals surface area contributed by atoms with Crippen LogP contribution in [0.1, 0.15) is 6.92 Å². The zero-order valence-electron chi connectivity index (χ0n) is 14.6. The largest absolute Gasteiger partial charge is 0.490 e. The van der Waals surface area contributed by atoms with Crippen LogP contribution in [0, 0.1) is 0 Å². The smallest absolute Gasteiger partial charge is 0.242 e. The second-order valence-electron chi connectivity index (χ2n) is 5.58. The number of likely N-dealkylation sites (N-methyl/N-ethyl adjacent to an activating group) is 1. The molecule has 0 aromatic heterocycles. The minimum Gasteiger partial charge on any atom is -0.490 e. The van der Waals surface area contributed by atoms with E-state index in [1.54, 1.807) is 30.3 Å². The van der Waals surface area contributed by atoms with Crippen molar-refractivity contribution in [2.75, 3.05) is 26.8 Å². The van der Waals surface area contributed by atoms with Crippen LogP contribution in [0.25, 0.3) is 0 Å². The molecule has 8 heteroatoms. The summed E-state index contributed by atoms with van der Waals surface area (Å²) in [7, 11) is -2.25. The van der Waals surface area contributed by atoms with E-state index in [1.165, 1.54) is 19.2 Å². The number of ether oxygens (including phenoxy) is 2. The molecular formula is C18H22BrNO5S. The van der Waals surface area contributed by atoms with E-state index in [0.29, 0.717) is 18.1 Å². The number of aliphatic hydroxyl groups excluding tert-OH is 1. The number of halogens is 1. The maximum atomic E-state index is 12.5. The molecule has 0 saturated heterocycles. The fourth-order valence-corrected chi connectivity index (χ4v) is 3.74. The molecule has 0 aliphatic carbocycles. The van der Waals surface area contributed by atoms with Gasteiger partial charge in [0.2, 0.25) is 10.0 Å².